The molecule has 0 N–H and O–H groups in total. The first-order valence-electron chi connectivity index (χ1n) is 7.64. The lowest BCUT2D eigenvalue weighted by molar-refractivity contribution is -0.152. The molecule has 2 nitrogen and oxygen atoms in total. The van der Waals surface area contributed by atoms with Crippen LogP contribution in [-0.4, -0.2) is 19.0 Å². The molecule has 0 saturated carbocycles. The van der Waals surface area contributed by atoms with Crippen LogP contribution in [-0.2, 0) is 9.53 Å². The topological polar surface area (TPSA) is 26.3 Å². The Morgan fingerprint density at radius 1 is 1.29 bits per heavy atom. The van der Waals surface area contributed by atoms with Crippen molar-refractivity contribution in [2.45, 2.75) is 52.9 Å². The van der Waals surface area contributed by atoms with Gasteiger partial charge in [-0.2, -0.15) is 0 Å². The van der Waals surface area contributed by atoms with Crippen LogP contribution in [0, 0.1) is 5.41 Å². The van der Waals surface area contributed by atoms with E-state index in [1.54, 1.807) is 0 Å². The standard InChI is InChI=1S/C16H24O2.C2H5Cl/c1-5-16(3,15(17)18-4)12-11-13(2)14-9-7-6-8-10-14;1-2-3/h6-10,13H,5,11-12H2,1-4H3;2H2,1H3. The lowest BCUT2D eigenvalue weighted by atomic mass is 9.80. The maximum absolute atomic E-state index is 11.8. The van der Waals surface area contributed by atoms with Crippen LogP contribution < -0.4 is 0 Å². The van der Waals surface area contributed by atoms with E-state index in [1.165, 1.54) is 12.7 Å². The summed E-state index contributed by atoms with van der Waals surface area (Å²) in [5.41, 5.74) is 0.985. The fraction of sp³-hybridized carbons (Fsp3) is 0.611. The van der Waals surface area contributed by atoms with E-state index >= 15 is 0 Å². The Hall–Kier alpha value is -1.02. The third-order valence-electron chi connectivity index (χ3n) is 3.96. The summed E-state index contributed by atoms with van der Waals surface area (Å²) in [6.45, 7) is 8.14. The van der Waals surface area contributed by atoms with Crippen molar-refractivity contribution in [3.63, 3.8) is 0 Å². The van der Waals surface area contributed by atoms with Crippen molar-refractivity contribution < 1.29 is 9.53 Å². The summed E-state index contributed by atoms with van der Waals surface area (Å²) < 4.78 is 4.91. The van der Waals surface area contributed by atoms with Gasteiger partial charge in [0, 0.05) is 5.88 Å². The van der Waals surface area contributed by atoms with Gasteiger partial charge in [0.15, 0.2) is 0 Å². The molecular weight excluding hydrogens is 284 g/mol. The molecule has 120 valence electrons. The molecule has 3 heteroatoms. The van der Waals surface area contributed by atoms with Gasteiger partial charge in [0.1, 0.15) is 0 Å². The zero-order valence-corrected chi connectivity index (χ0v) is 14.7. The molecular formula is C18H29ClO2. The number of carbonyl (C=O) groups excluding carboxylic acids is 1. The Morgan fingerprint density at radius 2 is 1.81 bits per heavy atom. The van der Waals surface area contributed by atoms with Crippen LogP contribution in [0.5, 0.6) is 0 Å². The summed E-state index contributed by atoms with van der Waals surface area (Å²) in [7, 11) is 1.47. The van der Waals surface area contributed by atoms with E-state index in [-0.39, 0.29) is 11.4 Å². The summed E-state index contributed by atoms with van der Waals surface area (Å²) in [5.74, 6) is 1.10. The Morgan fingerprint density at radius 3 is 2.24 bits per heavy atom. The zero-order chi connectivity index (χ0) is 16.3. The normalized spacial score (nSPS) is 14.4. The maximum atomic E-state index is 11.8. The van der Waals surface area contributed by atoms with E-state index in [9.17, 15) is 4.79 Å². The Kier molecular flexibility index (Phi) is 10.2. The monoisotopic (exact) mass is 312 g/mol. The quantitative estimate of drug-likeness (QED) is 0.519. The molecule has 1 aromatic carbocycles. The van der Waals surface area contributed by atoms with Gasteiger partial charge in [-0.15, -0.1) is 11.6 Å². The second-order valence-electron chi connectivity index (χ2n) is 5.52. The highest BCUT2D eigenvalue weighted by atomic mass is 35.5. The van der Waals surface area contributed by atoms with E-state index in [0.29, 0.717) is 5.92 Å². The lowest BCUT2D eigenvalue weighted by Gasteiger charge is -2.26. The molecule has 0 spiro atoms. The van der Waals surface area contributed by atoms with Crippen molar-refractivity contribution in [1.82, 2.24) is 0 Å². The lowest BCUT2D eigenvalue weighted by Crippen LogP contribution is -2.28. The molecule has 0 amide bonds. The van der Waals surface area contributed by atoms with Crippen LogP contribution in [0.4, 0.5) is 0 Å². The second kappa shape index (κ2) is 10.7. The maximum Gasteiger partial charge on any atom is 0.311 e. The molecule has 1 aromatic rings. The van der Waals surface area contributed by atoms with E-state index in [2.05, 4.69) is 31.2 Å². The Labute approximate surface area is 134 Å². The number of hydrogen-bond donors (Lipinski definition) is 0. The molecule has 2 atom stereocenters. The average molecular weight is 313 g/mol. The molecule has 0 aromatic heterocycles. The highest BCUT2D eigenvalue weighted by molar-refractivity contribution is 6.17. The number of alkyl halides is 1. The molecule has 0 aliphatic carbocycles. The van der Waals surface area contributed by atoms with Crippen LogP contribution in [0.2, 0.25) is 0 Å². The fourth-order valence-electron chi connectivity index (χ4n) is 2.15. The number of ether oxygens (including phenoxy) is 1. The van der Waals surface area contributed by atoms with E-state index in [4.69, 9.17) is 16.3 Å². The molecule has 0 aliphatic rings. The molecule has 0 heterocycles. The van der Waals surface area contributed by atoms with Crippen LogP contribution in [0.15, 0.2) is 30.3 Å². The van der Waals surface area contributed by atoms with Crippen molar-refractivity contribution in [1.29, 1.82) is 0 Å². The Bertz CT molecular complexity index is 391. The number of esters is 1. The molecule has 0 fully saturated rings. The van der Waals surface area contributed by atoms with Crippen molar-refractivity contribution in [3.8, 4) is 0 Å². The van der Waals surface area contributed by atoms with Gasteiger partial charge in [-0.25, -0.2) is 0 Å². The smallest absolute Gasteiger partial charge is 0.311 e. The number of carbonyl (C=O) groups is 1. The van der Waals surface area contributed by atoms with Gasteiger partial charge in [-0.1, -0.05) is 51.1 Å². The number of halogens is 1. The summed E-state index contributed by atoms with van der Waals surface area (Å²) in [5, 5.41) is 0. The van der Waals surface area contributed by atoms with E-state index < -0.39 is 0 Å². The van der Waals surface area contributed by atoms with Crippen LogP contribution in [0.3, 0.4) is 0 Å². The number of rotatable bonds is 6. The minimum atomic E-state index is -0.349. The summed E-state index contributed by atoms with van der Waals surface area (Å²) in [6, 6.07) is 10.4. The number of methoxy groups -OCH3 is 1. The van der Waals surface area contributed by atoms with Crippen molar-refractivity contribution >= 4 is 17.6 Å². The largest absolute Gasteiger partial charge is 0.469 e. The first kappa shape index (κ1) is 20.0. The fourth-order valence-corrected chi connectivity index (χ4v) is 2.15. The molecule has 0 bridgehead atoms. The first-order chi connectivity index (χ1) is 9.95. The molecule has 0 radical (unpaired) electrons. The van der Waals surface area contributed by atoms with E-state index in [0.717, 1.165) is 25.1 Å². The number of benzene rings is 1. The van der Waals surface area contributed by atoms with Crippen molar-refractivity contribution in [2.75, 3.05) is 13.0 Å². The summed E-state index contributed by atoms with van der Waals surface area (Å²) in [4.78, 5) is 11.8. The van der Waals surface area contributed by atoms with Crippen LogP contribution in [0.1, 0.15) is 58.4 Å². The summed E-state index contributed by atoms with van der Waals surface area (Å²) >= 11 is 5.00. The summed E-state index contributed by atoms with van der Waals surface area (Å²) in [6.07, 6.45) is 2.69. The molecule has 1 rings (SSSR count). The SMILES string of the molecule is CCC(C)(CCC(C)c1ccccc1)C(=O)OC.CCCl. The predicted molar refractivity (Wildman–Crippen MR) is 90.9 cm³/mol. The average Bonchev–Trinajstić information content (AvgIpc) is 2.53. The first-order valence-corrected chi connectivity index (χ1v) is 8.17. The van der Waals surface area contributed by atoms with Gasteiger partial charge in [0.2, 0.25) is 0 Å². The molecule has 2 unspecified atom stereocenters. The molecule has 21 heavy (non-hydrogen) atoms. The van der Waals surface area contributed by atoms with Gasteiger partial charge in [0.05, 0.1) is 12.5 Å². The molecule has 0 aliphatic heterocycles. The van der Waals surface area contributed by atoms with Gasteiger partial charge in [-0.05, 0) is 37.7 Å². The van der Waals surface area contributed by atoms with Crippen molar-refractivity contribution in [2.24, 2.45) is 5.41 Å². The molecule has 0 saturated heterocycles. The predicted octanol–water partition coefficient (Wildman–Crippen LogP) is 5.40. The minimum absolute atomic E-state index is 0.0924. The second-order valence-corrected chi connectivity index (χ2v) is 6.06. The van der Waals surface area contributed by atoms with Gasteiger partial charge >= 0.3 is 5.97 Å². The minimum Gasteiger partial charge on any atom is -0.469 e. The zero-order valence-electron chi connectivity index (χ0n) is 14.0. The third kappa shape index (κ3) is 6.99. The van der Waals surface area contributed by atoms with Gasteiger partial charge in [0.25, 0.3) is 0 Å². The van der Waals surface area contributed by atoms with Gasteiger partial charge < -0.3 is 4.74 Å². The van der Waals surface area contributed by atoms with Crippen LogP contribution in [0.25, 0.3) is 0 Å². The highest BCUT2D eigenvalue weighted by Crippen LogP contribution is 2.33. The number of hydrogen-bond acceptors (Lipinski definition) is 2. The third-order valence-corrected chi connectivity index (χ3v) is 3.96. The van der Waals surface area contributed by atoms with E-state index in [1.807, 2.05) is 26.8 Å². The van der Waals surface area contributed by atoms with Gasteiger partial charge in [-0.3, -0.25) is 4.79 Å². The van der Waals surface area contributed by atoms with Crippen molar-refractivity contribution in [3.05, 3.63) is 35.9 Å². The van der Waals surface area contributed by atoms with Crippen LogP contribution >= 0.6 is 11.6 Å². The Balaban J connectivity index is 0.00000122. The highest BCUT2D eigenvalue weighted by Gasteiger charge is 2.32.